The fourth-order valence-corrected chi connectivity index (χ4v) is 2.34. The molecule has 21 heavy (non-hydrogen) atoms. The Morgan fingerprint density at radius 3 is 2.52 bits per heavy atom. The van der Waals surface area contributed by atoms with Gasteiger partial charge in [-0.1, -0.05) is 18.2 Å². The number of hydrogen-bond donors (Lipinski definition) is 1. The van der Waals surface area contributed by atoms with Crippen LogP contribution in [0.3, 0.4) is 0 Å². The van der Waals surface area contributed by atoms with Crippen molar-refractivity contribution in [1.82, 2.24) is 14.8 Å². The van der Waals surface area contributed by atoms with Gasteiger partial charge in [0.25, 0.3) is 0 Å². The van der Waals surface area contributed by atoms with E-state index in [-0.39, 0.29) is 12.4 Å². The maximum atomic E-state index is 13.7. The van der Waals surface area contributed by atoms with Gasteiger partial charge in [0.1, 0.15) is 12.4 Å². The summed E-state index contributed by atoms with van der Waals surface area (Å²) in [7, 11) is 0. The summed E-state index contributed by atoms with van der Waals surface area (Å²) < 4.78 is 15.8. The number of para-hydroxylation sites is 1. The Labute approximate surface area is 129 Å². The number of aliphatic hydroxyl groups excluding tert-OH is 1. The number of hydrogen-bond acceptors (Lipinski definition) is 3. The maximum absolute atomic E-state index is 13.7. The Kier molecular flexibility index (Phi) is 3.81. The minimum atomic E-state index is -0.374. The zero-order chi connectivity index (χ0) is 14.8. The van der Waals surface area contributed by atoms with Gasteiger partial charge in [0.2, 0.25) is 0 Å². The predicted octanol–water partition coefficient (Wildman–Crippen LogP) is 3.33. The SMILES string of the molecule is OCc1nnc(-c2ccc(Br)c(F)c2)n1-c1ccccc1. The van der Waals surface area contributed by atoms with Crippen LogP contribution in [0.5, 0.6) is 0 Å². The van der Waals surface area contributed by atoms with Crippen LogP contribution in [0.4, 0.5) is 4.39 Å². The number of benzene rings is 2. The summed E-state index contributed by atoms with van der Waals surface area (Å²) in [6.45, 7) is -0.249. The number of aliphatic hydroxyl groups is 1. The van der Waals surface area contributed by atoms with Crippen molar-refractivity contribution in [2.75, 3.05) is 0 Å². The van der Waals surface area contributed by atoms with Crippen LogP contribution in [0, 0.1) is 5.82 Å². The Balaban J connectivity index is 2.20. The van der Waals surface area contributed by atoms with Crippen LogP contribution in [0.15, 0.2) is 53.0 Å². The molecular formula is C15H11BrFN3O. The Morgan fingerprint density at radius 1 is 1.10 bits per heavy atom. The van der Waals surface area contributed by atoms with Crippen LogP contribution in [0.2, 0.25) is 0 Å². The highest BCUT2D eigenvalue weighted by Crippen LogP contribution is 2.26. The van der Waals surface area contributed by atoms with Crippen LogP contribution in [0.25, 0.3) is 17.1 Å². The van der Waals surface area contributed by atoms with E-state index in [4.69, 9.17) is 0 Å². The zero-order valence-electron chi connectivity index (χ0n) is 10.9. The molecule has 0 bridgehead atoms. The Hall–Kier alpha value is -2.05. The van der Waals surface area contributed by atoms with E-state index in [1.54, 1.807) is 16.7 Å². The normalized spacial score (nSPS) is 10.8. The summed E-state index contributed by atoms with van der Waals surface area (Å²) in [5.41, 5.74) is 1.40. The van der Waals surface area contributed by atoms with Crippen molar-refractivity contribution in [2.45, 2.75) is 6.61 Å². The first kappa shape index (κ1) is 13.9. The average molecular weight is 348 g/mol. The molecule has 4 nitrogen and oxygen atoms in total. The lowest BCUT2D eigenvalue weighted by Crippen LogP contribution is -2.03. The van der Waals surface area contributed by atoms with Gasteiger partial charge < -0.3 is 5.11 Å². The third-order valence-corrected chi connectivity index (χ3v) is 3.71. The molecule has 0 saturated carbocycles. The average Bonchev–Trinajstić information content (AvgIpc) is 2.95. The van der Waals surface area contributed by atoms with E-state index in [1.807, 2.05) is 30.3 Å². The van der Waals surface area contributed by atoms with Crippen molar-refractivity contribution in [1.29, 1.82) is 0 Å². The highest BCUT2D eigenvalue weighted by atomic mass is 79.9. The molecule has 1 aromatic heterocycles. The van der Waals surface area contributed by atoms with E-state index in [0.29, 0.717) is 21.7 Å². The molecule has 106 valence electrons. The molecular weight excluding hydrogens is 337 g/mol. The molecule has 0 aliphatic rings. The summed E-state index contributed by atoms with van der Waals surface area (Å²) in [6, 6.07) is 14.2. The second-order valence-electron chi connectivity index (χ2n) is 4.40. The van der Waals surface area contributed by atoms with Gasteiger partial charge in [-0.3, -0.25) is 4.57 Å². The molecule has 1 heterocycles. The van der Waals surface area contributed by atoms with E-state index in [9.17, 15) is 9.50 Å². The van der Waals surface area contributed by atoms with Gasteiger partial charge in [0.05, 0.1) is 4.47 Å². The van der Waals surface area contributed by atoms with E-state index in [1.165, 1.54) is 6.07 Å². The minimum Gasteiger partial charge on any atom is -0.388 e. The Bertz CT molecular complexity index is 774. The molecule has 0 radical (unpaired) electrons. The van der Waals surface area contributed by atoms with Crippen LogP contribution in [0.1, 0.15) is 5.82 Å². The second kappa shape index (κ2) is 5.75. The zero-order valence-corrected chi connectivity index (χ0v) is 12.5. The largest absolute Gasteiger partial charge is 0.388 e. The van der Waals surface area contributed by atoms with E-state index < -0.39 is 0 Å². The van der Waals surface area contributed by atoms with Gasteiger partial charge in [0.15, 0.2) is 11.6 Å². The van der Waals surface area contributed by atoms with E-state index in [0.717, 1.165) is 5.69 Å². The van der Waals surface area contributed by atoms with Crippen LogP contribution >= 0.6 is 15.9 Å². The first-order valence-electron chi connectivity index (χ1n) is 6.26. The summed E-state index contributed by atoms with van der Waals surface area (Å²) in [5, 5.41) is 17.5. The molecule has 3 aromatic rings. The lowest BCUT2D eigenvalue weighted by atomic mass is 10.2. The number of nitrogens with zero attached hydrogens (tertiary/aromatic N) is 3. The van der Waals surface area contributed by atoms with Gasteiger partial charge in [-0.25, -0.2) is 4.39 Å². The smallest absolute Gasteiger partial charge is 0.168 e. The van der Waals surface area contributed by atoms with Gasteiger partial charge in [0, 0.05) is 11.3 Å². The predicted molar refractivity (Wildman–Crippen MR) is 80.4 cm³/mol. The highest BCUT2D eigenvalue weighted by molar-refractivity contribution is 9.10. The Morgan fingerprint density at radius 2 is 1.86 bits per heavy atom. The summed E-state index contributed by atoms with van der Waals surface area (Å²) in [5.74, 6) is 0.511. The standard InChI is InChI=1S/C15H11BrFN3O/c16-12-7-6-10(8-13(12)17)15-19-18-14(9-21)20(15)11-4-2-1-3-5-11/h1-8,21H,9H2. The van der Waals surface area contributed by atoms with Crippen LogP contribution < -0.4 is 0 Å². The maximum Gasteiger partial charge on any atom is 0.168 e. The molecule has 0 aliphatic carbocycles. The topological polar surface area (TPSA) is 50.9 Å². The molecule has 0 fully saturated rings. The summed E-state index contributed by atoms with van der Waals surface area (Å²) in [6.07, 6.45) is 0. The molecule has 2 aromatic carbocycles. The molecule has 0 saturated heterocycles. The first-order chi connectivity index (χ1) is 10.2. The van der Waals surface area contributed by atoms with Gasteiger partial charge in [-0.15, -0.1) is 10.2 Å². The number of aromatic nitrogens is 3. The lowest BCUT2D eigenvalue weighted by molar-refractivity contribution is 0.269. The minimum absolute atomic E-state index is 0.249. The third-order valence-electron chi connectivity index (χ3n) is 3.06. The number of halogens is 2. The van der Waals surface area contributed by atoms with Crippen molar-refractivity contribution in [2.24, 2.45) is 0 Å². The van der Waals surface area contributed by atoms with Gasteiger partial charge in [-0.2, -0.15) is 0 Å². The molecule has 0 aliphatic heterocycles. The third kappa shape index (κ3) is 2.59. The molecule has 6 heteroatoms. The lowest BCUT2D eigenvalue weighted by Gasteiger charge is -2.09. The first-order valence-corrected chi connectivity index (χ1v) is 7.06. The van der Waals surface area contributed by atoms with Crippen LogP contribution in [-0.2, 0) is 6.61 Å². The summed E-state index contributed by atoms with van der Waals surface area (Å²) in [4.78, 5) is 0. The highest BCUT2D eigenvalue weighted by Gasteiger charge is 2.15. The van der Waals surface area contributed by atoms with Gasteiger partial charge in [-0.05, 0) is 46.3 Å². The second-order valence-corrected chi connectivity index (χ2v) is 5.25. The van der Waals surface area contributed by atoms with Crippen LogP contribution in [-0.4, -0.2) is 19.9 Å². The van der Waals surface area contributed by atoms with Crippen molar-refractivity contribution in [3.8, 4) is 17.1 Å². The molecule has 1 N–H and O–H groups in total. The molecule has 0 spiro atoms. The van der Waals surface area contributed by atoms with Gasteiger partial charge >= 0.3 is 0 Å². The number of rotatable bonds is 3. The van der Waals surface area contributed by atoms with Crippen molar-refractivity contribution in [3.63, 3.8) is 0 Å². The fourth-order valence-electron chi connectivity index (χ4n) is 2.09. The van der Waals surface area contributed by atoms with Crippen molar-refractivity contribution in [3.05, 3.63) is 64.6 Å². The summed E-state index contributed by atoms with van der Waals surface area (Å²) >= 11 is 3.13. The molecule has 3 rings (SSSR count). The molecule has 0 atom stereocenters. The quantitative estimate of drug-likeness (QED) is 0.790. The van der Waals surface area contributed by atoms with E-state index >= 15 is 0 Å². The van der Waals surface area contributed by atoms with E-state index in [2.05, 4.69) is 26.1 Å². The van der Waals surface area contributed by atoms with Crippen molar-refractivity contribution < 1.29 is 9.50 Å². The molecule has 0 unspecified atom stereocenters. The molecule has 0 amide bonds. The van der Waals surface area contributed by atoms with Crippen molar-refractivity contribution >= 4 is 15.9 Å². The fraction of sp³-hybridized carbons (Fsp3) is 0.0667. The monoisotopic (exact) mass is 347 g/mol.